The molecule has 2 aromatic carbocycles. The first-order valence-electron chi connectivity index (χ1n) is 35.9. The summed E-state index contributed by atoms with van der Waals surface area (Å²) < 4.78 is 32.0. The smallest absolute Gasteiger partial charge is 0.305 e. The normalized spacial score (nSPS) is 21.6. The van der Waals surface area contributed by atoms with Crippen LogP contribution in [-0.2, 0) is 40.8 Å². The van der Waals surface area contributed by atoms with Gasteiger partial charge in [0.05, 0.1) is 32.5 Å². The lowest BCUT2D eigenvalue weighted by Gasteiger charge is -2.45. The van der Waals surface area contributed by atoms with Gasteiger partial charge in [-0.1, -0.05) is 217 Å². The molecule has 2 aromatic rings. The number of hydrogen-bond acceptors (Lipinski definition) is 10. The number of unbranched alkanes of at least 4 members (excludes halogenated alkanes) is 2. The maximum atomic E-state index is 11.7. The Morgan fingerprint density at radius 2 is 0.944 bits per heavy atom. The number of allylic oxidation sites excluding steroid dienone is 4. The summed E-state index contributed by atoms with van der Waals surface area (Å²) in [6, 6.07) is 21.1. The second kappa shape index (κ2) is 43.3. The fourth-order valence-corrected chi connectivity index (χ4v) is 31.7. The molecule has 0 heterocycles. The van der Waals surface area contributed by atoms with E-state index in [9.17, 15) is 24.9 Å². The first-order chi connectivity index (χ1) is 42.4. The Kier molecular flexibility index (Phi) is 40.1. The van der Waals surface area contributed by atoms with E-state index in [-0.39, 0.29) is 34.6 Å². The molecule has 2 aliphatic rings. The summed E-state index contributed by atoms with van der Waals surface area (Å²) in [5, 5.41) is 31.1. The molecule has 2 saturated carbocycles. The number of esters is 2. The topological polar surface area (TPSA) is 152 Å². The van der Waals surface area contributed by atoms with E-state index in [2.05, 4.69) is 191 Å². The van der Waals surface area contributed by atoms with Crippen LogP contribution in [0.3, 0.4) is 0 Å². The number of halogens is 1. The molecule has 10 nitrogen and oxygen atoms in total. The van der Waals surface area contributed by atoms with Crippen molar-refractivity contribution in [2.75, 3.05) is 14.2 Å². The first-order valence-corrected chi connectivity index (χ1v) is 41.9. The lowest BCUT2D eigenvalue weighted by Crippen LogP contribution is -2.51. The highest BCUT2D eigenvalue weighted by atomic mass is 28.4. The number of benzene rings is 2. The number of rotatable bonds is 38. The second-order valence-corrected chi connectivity index (χ2v) is 45.8. The quantitative estimate of drug-likeness (QED) is 0.0221. The zero-order valence-electron chi connectivity index (χ0n) is 61.9. The Hall–Kier alpha value is -2.80. The minimum Gasteiger partial charge on any atom is -0.469 e. The molecule has 4 rings (SSSR count). The van der Waals surface area contributed by atoms with Crippen molar-refractivity contribution in [2.24, 2.45) is 29.6 Å². The minimum atomic E-state index is -2.03. The summed E-state index contributed by atoms with van der Waals surface area (Å²) in [4.78, 5) is 27.9. The molecule has 520 valence electrons. The van der Waals surface area contributed by atoms with Gasteiger partial charge in [-0.3, -0.25) is 14.3 Å². The van der Waals surface area contributed by atoms with Gasteiger partial charge in [-0.15, -0.1) is 0 Å². The van der Waals surface area contributed by atoms with Crippen LogP contribution in [0.4, 0.5) is 4.70 Å². The van der Waals surface area contributed by atoms with Crippen LogP contribution in [0.2, 0.25) is 49.9 Å². The molecule has 14 heteroatoms. The van der Waals surface area contributed by atoms with Crippen molar-refractivity contribution >= 4 is 36.9 Å². The van der Waals surface area contributed by atoms with Crippen LogP contribution in [0.15, 0.2) is 85.0 Å². The maximum Gasteiger partial charge on any atom is 0.305 e. The van der Waals surface area contributed by atoms with E-state index >= 15 is 0 Å². The zero-order chi connectivity index (χ0) is 67.9. The zero-order valence-corrected chi connectivity index (χ0v) is 63.9. The Bertz CT molecular complexity index is 2220. The van der Waals surface area contributed by atoms with Crippen molar-refractivity contribution in [2.45, 2.75) is 328 Å². The summed E-state index contributed by atoms with van der Waals surface area (Å²) in [5.74, 6) is 1.45. The predicted octanol–water partition coefficient (Wildman–Crippen LogP) is 19.8. The van der Waals surface area contributed by atoms with Crippen LogP contribution in [0.5, 0.6) is 0 Å². The molecule has 2 fully saturated rings. The van der Waals surface area contributed by atoms with Crippen LogP contribution < -0.4 is 0 Å². The Morgan fingerprint density at radius 1 is 0.533 bits per heavy atom. The molecule has 0 aromatic heterocycles. The van der Waals surface area contributed by atoms with Gasteiger partial charge in [-0.25, -0.2) is 0 Å². The summed E-state index contributed by atoms with van der Waals surface area (Å²) in [6.07, 6.45) is 22.9. The number of hydrogen-bond donors (Lipinski definition) is 4. The van der Waals surface area contributed by atoms with Gasteiger partial charge < -0.3 is 38.4 Å². The molecule has 4 N–H and O–H groups in total. The van der Waals surface area contributed by atoms with Gasteiger partial charge in [0, 0.05) is 25.0 Å². The van der Waals surface area contributed by atoms with Crippen molar-refractivity contribution in [3.8, 4) is 0 Å². The van der Waals surface area contributed by atoms with Gasteiger partial charge in [0.2, 0.25) is 16.6 Å². The monoisotopic (exact) mass is 1310 g/mol. The fourth-order valence-electron chi connectivity index (χ4n) is 16.4. The Labute approximate surface area is 555 Å². The summed E-state index contributed by atoms with van der Waals surface area (Å²) in [7, 11) is -3.03. The standard InChI is InChI=1S/C43H78O4Si2.C24H36O5.C9H22OSi.FH/c1-31(2)48(32(3)4,33(5)6)46-39(27-26-38-22-18-17-19-23-38)28-29-40-37(13)30-42(47-49(34(7)8,35(9)10)36(11)12)41(40)24-20-15-16-21-25-43(44)45-14;1-29-24(28)12-8-3-2-7-11-20-21(23(27)17-22(20)26)16-15-19(25)14-13-18-9-5-4-6-10-18;1-7(2)11(10,8(3)4)9(5)6;/h15,17-20,22-23,31-37,39-42H,16,21,24-30H2,1-14H3;2,4-7,9-10,19-23,25-27H,3,8,11-17H2,1H3;7-10H,1-6H3;1H/b20-15-;7-2-;;/t37-,39+,40+,41-,42+;19-,20+,21+,22-,23+;;/m10../s1/i;;10T;. The minimum absolute atomic E-state index is 0. The molecule has 10 atom stereocenters. The third-order valence-corrected chi connectivity index (χ3v) is 38.9. The molecule has 0 radical (unpaired) electrons. The van der Waals surface area contributed by atoms with Crippen molar-refractivity contribution in [1.82, 2.24) is 0 Å². The molecule has 0 spiro atoms. The molecule has 90 heavy (non-hydrogen) atoms. The maximum absolute atomic E-state index is 11.7. The Balaban J connectivity index is 0.000000825. The average molecular weight is 1320 g/mol. The lowest BCUT2D eigenvalue weighted by molar-refractivity contribution is -0.141. The molecular formula is C76H137FO10Si3. The molecule has 0 unspecified atom stereocenters. The van der Waals surface area contributed by atoms with Crippen LogP contribution in [0.1, 0.15) is 245 Å². The molecule has 0 amide bonds. The highest BCUT2D eigenvalue weighted by Crippen LogP contribution is 2.51. The van der Waals surface area contributed by atoms with Crippen LogP contribution in [0.25, 0.3) is 0 Å². The number of carbonyl (C=O) groups is 2. The van der Waals surface area contributed by atoms with E-state index in [1.165, 1.54) is 31.8 Å². The number of ether oxygens (including phenoxy) is 2. The van der Waals surface area contributed by atoms with Crippen molar-refractivity contribution < 1.29 is 52.7 Å². The van der Waals surface area contributed by atoms with Gasteiger partial charge in [-0.2, -0.15) is 0 Å². The molecule has 2 aliphatic carbocycles. The molecule has 0 bridgehead atoms. The van der Waals surface area contributed by atoms with Crippen LogP contribution >= 0.6 is 0 Å². The van der Waals surface area contributed by atoms with Crippen LogP contribution in [0, 0.1) is 29.6 Å². The third kappa shape index (κ3) is 26.4. The highest BCUT2D eigenvalue weighted by molar-refractivity contribution is 6.78. The Morgan fingerprint density at radius 3 is 1.34 bits per heavy atom. The number of aliphatic hydroxyl groups excluding tert-OH is 3. The summed E-state index contributed by atoms with van der Waals surface area (Å²) in [6.45, 7) is 44.6. The molecular weight excluding hydrogens is 1180 g/mol. The lowest BCUT2D eigenvalue weighted by atomic mass is 9.83. The number of methoxy groups -OCH3 is 2. The number of carbonyl (C=O) groups excluding carboxylic acids is 2. The third-order valence-electron chi connectivity index (χ3n) is 21.2. The van der Waals surface area contributed by atoms with E-state index in [0.717, 1.165) is 70.6 Å². The predicted molar refractivity (Wildman–Crippen MR) is 385 cm³/mol. The van der Waals surface area contributed by atoms with E-state index in [1.54, 1.807) is 0 Å². The van der Waals surface area contributed by atoms with Gasteiger partial charge in [-0.05, 0) is 193 Å². The van der Waals surface area contributed by atoms with Gasteiger partial charge in [0.25, 0.3) is 0 Å². The SMILES string of the molecule is COC(=O)CCC/C=C\C[C@@H]1[C@@H](CC[C@@H](O)CCc2ccccc2)[C@H](O)C[C@@H]1O.COC(=O)CCC/C=C\C[C@@H]1[C@@H](CC[C@H](CCc2ccccc2)O[Si](C(C)C)(C(C)C)C(C)C)[C@H](C)C[C@@H]1O[Si](C(C)C)(C(C)C)C(C)C.F.[3H]O[Si](C(C)C)(C(C)C)C(C)C. The van der Waals surface area contributed by atoms with Crippen molar-refractivity contribution in [3.63, 3.8) is 0 Å². The van der Waals surface area contributed by atoms with Gasteiger partial charge in [0.1, 0.15) is 0 Å². The average Bonchev–Trinajstić information content (AvgIpc) is 1.80. The van der Waals surface area contributed by atoms with E-state index < -0.39 is 43.3 Å². The second-order valence-electron chi connectivity index (χ2n) is 29.8. The van der Waals surface area contributed by atoms with Gasteiger partial charge in [0.15, 0.2) is 9.75 Å². The van der Waals surface area contributed by atoms with Gasteiger partial charge >= 0.3 is 11.9 Å². The largest absolute Gasteiger partial charge is 0.469 e. The molecule has 0 saturated heterocycles. The fraction of sp³-hybridized carbons (Fsp3) is 0.763. The van der Waals surface area contributed by atoms with Crippen LogP contribution in [-0.4, -0.2) is 103 Å². The van der Waals surface area contributed by atoms with E-state index in [4.69, 9.17) is 19.8 Å². The van der Waals surface area contributed by atoms with Crippen molar-refractivity contribution in [1.29, 1.82) is 1.43 Å². The summed E-state index contributed by atoms with van der Waals surface area (Å²) >= 11 is 0. The first kappa shape index (κ1) is 83.3. The van der Waals surface area contributed by atoms with E-state index in [0.29, 0.717) is 112 Å². The number of aryl methyl sites for hydroxylation is 2. The van der Waals surface area contributed by atoms with E-state index in [1.807, 2.05) is 30.4 Å². The summed E-state index contributed by atoms with van der Waals surface area (Å²) in [5.41, 5.74) is 7.67. The molecule has 0 aliphatic heterocycles. The highest BCUT2D eigenvalue weighted by Gasteiger charge is 2.52. The van der Waals surface area contributed by atoms with Crippen molar-refractivity contribution in [3.05, 3.63) is 96.1 Å². The number of aliphatic hydroxyl groups is 3.